The van der Waals surface area contributed by atoms with E-state index in [4.69, 9.17) is 15.0 Å². The summed E-state index contributed by atoms with van der Waals surface area (Å²) < 4.78 is 11.3. The standard InChI is InChI=1S/3C28H22N2.2C27H21N3/c1-28(2)24-8-4-3-7-23(24)26-25(28)14-11-20-15-17-30(27(20)26)22-12-9-19(10-13-22)21-6-5-16-29-18-21;1-28(2)23-8-4-3-7-22(23)26-24(28)15-12-20-16-18-30(27(20)26)21-13-10-19(11-14-21)25-9-5-6-17-29-25;1-28(2)23-11-7-6-10-22(23)26-24(28)14-12-20-16-17-30(27(20)26)25-15-13-21(18-29-25)19-8-4-3-5-9-19;1-27(2)22-8-4-3-7-21(22)25-23(27)11-9-18-13-15-30(26(18)25)24-12-10-20(17-29-24)19-6-5-14-28-16-19;1-27(2)22-6-4-3-5-21(22)25-23(27)9-7-19-13-16-30(26(19)25)24-10-8-20(17-29-24)18-11-14-28-15-12-18/h3*3-18H,1-2H3;2*3-17H,1-2H3. The SMILES string of the molecule is CC1(C)c2ccccc2-c2c1ccc1ccn(-c3ccc(-c4ccccc4)cn3)c21.CC1(C)c2ccccc2-c2c1ccc1ccn(-c3ccc(-c4ccccn4)cc3)c21.CC1(C)c2ccccc2-c2c1ccc1ccn(-c3ccc(-c4cccnc4)cc3)c21.CC1(C)c2ccccc2-c2c1ccc1ccn(-c3ccc(-c4cccnc4)cn3)c21.CC1(C)c2ccccc2-c2c1ccc1ccn(-c3ccc(-c4ccncc4)cn3)c21. The highest BCUT2D eigenvalue weighted by molar-refractivity contribution is 6.07. The molecule has 0 atom stereocenters. The average Bonchev–Trinajstić information content (AvgIpc) is 1.57. The van der Waals surface area contributed by atoms with Gasteiger partial charge in [-0.15, -0.1) is 0 Å². The van der Waals surface area contributed by atoms with Crippen LogP contribution in [-0.4, -0.2) is 57.7 Å². The molecule has 12 aromatic heterocycles. The topological polar surface area (TPSA) is 115 Å². The zero-order valence-corrected chi connectivity index (χ0v) is 85.4. The smallest absolute Gasteiger partial charge is 0.137 e. The monoisotopic (exact) mass is 1930 g/mol. The molecule has 0 spiro atoms. The van der Waals surface area contributed by atoms with Gasteiger partial charge in [0.25, 0.3) is 0 Å². The van der Waals surface area contributed by atoms with Crippen molar-refractivity contribution < 1.29 is 0 Å². The van der Waals surface area contributed by atoms with Gasteiger partial charge in [-0.1, -0.05) is 324 Å². The minimum Gasteiger partial charge on any atom is -0.316 e. The van der Waals surface area contributed by atoms with Crippen molar-refractivity contribution >= 4 is 54.5 Å². The molecule has 25 aromatic rings. The molecule has 0 saturated carbocycles. The van der Waals surface area contributed by atoms with E-state index in [1.54, 1.807) is 6.20 Å². The van der Waals surface area contributed by atoms with Gasteiger partial charge in [0.15, 0.2) is 0 Å². The lowest BCUT2D eigenvalue weighted by Gasteiger charge is -2.21. The summed E-state index contributed by atoms with van der Waals surface area (Å²) in [5, 5.41) is 6.27. The van der Waals surface area contributed by atoms with Gasteiger partial charge in [-0.05, 0) is 233 Å². The Bertz CT molecular complexity index is 8240. The van der Waals surface area contributed by atoms with Gasteiger partial charge in [0.1, 0.15) is 17.5 Å². The van der Waals surface area contributed by atoms with E-state index < -0.39 is 0 Å². The fraction of sp³-hybridized carbons (Fsp3) is 0.109. The van der Waals surface area contributed by atoms with Crippen molar-refractivity contribution in [2.75, 3.05) is 0 Å². The third-order valence-electron chi connectivity index (χ3n) is 32.3. The van der Waals surface area contributed by atoms with Gasteiger partial charge >= 0.3 is 0 Å². The van der Waals surface area contributed by atoms with Crippen LogP contribution in [0.4, 0.5) is 0 Å². The van der Waals surface area contributed by atoms with Crippen LogP contribution in [0, 0.1) is 0 Å². The van der Waals surface area contributed by atoms with E-state index in [1.807, 2.05) is 104 Å². The van der Waals surface area contributed by atoms with Crippen molar-refractivity contribution in [3.05, 3.63) is 531 Å². The Kier molecular flexibility index (Phi) is 22.0. The summed E-state index contributed by atoms with van der Waals surface area (Å²) in [4.78, 5) is 31.5. The van der Waals surface area contributed by atoms with Crippen molar-refractivity contribution in [3.63, 3.8) is 0 Å². The molecule has 12 nitrogen and oxygen atoms in total. The highest BCUT2D eigenvalue weighted by Crippen LogP contribution is 2.58. The Morgan fingerprint density at radius 2 is 0.433 bits per heavy atom. The maximum Gasteiger partial charge on any atom is 0.137 e. The number of fused-ring (bicyclic) bond motifs is 25. The first-order valence-electron chi connectivity index (χ1n) is 51.7. The van der Waals surface area contributed by atoms with Crippen molar-refractivity contribution in [2.24, 2.45) is 0 Å². The molecule has 0 saturated heterocycles. The van der Waals surface area contributed by atoms with E-state index in [2.05, 4.69) is 477 Å². The normalized spacial score (nSPS) is 13.9. The van der Waals surface area contributed by atoms with Crippen LogP contribution < -0.4 is 0 Å². The summed E-state index contributed by atoms with van der Waals surface area (Å²) in [5.41, 5.74) is 47.1. The van der Waals surface area contributed by atoms with E-state index >= 15 is 0 Å². The average molecular weight is 1930 g/mol. The van der Waals surface area contributed by atoms with Gasteiger partial charge in [-0.3, -0.25) is 19.9 Å². The molecule has 0 N–H and O–H groups in total. The van der Waals surface area contributed by atoms with E-state index in [0.29, 0.717) is 0 Å². The van der Waals surface area contributed by atoms with Gasteiger partial charge in [0, 0.05) is 214 Å². The molecule has 0 fully saturated rings. The highest BCUT2D eigenvalue weighted by atomic mass is 15.1. The zero-order chi connectivity index (χ0) is 101. The van der Waals surface area contributed by atoms with E-state index in [-0.39, 0.29) is 27.1 Å². The quantitative estimate of drug-likeness (QED) is 0.134. The van der Waals surface area contributed by atoms with Crippen LogP contribution in [0.3, 0.4) is 0 Å². The minimum absolute atomic E-state index is 0.000187. The molecule has 12 heteroatoms. The zero-order valence-electron chi connectivity index (χ0n) is 85.4. The second kappa shape index (κ2) is 36.1. The lowest BCUT2D eigenvalue weighted by atomic mass is 9.82. The van der Waals surface area contributed by atoms with Crippen molar-refractivity contribution in [3.8, 4) is 140 Å². The number of hydrogen-bond donors (Lipinski definition) is 0. The Morgan fingerprint density at radius 1 is 0.167 bits per heavy atom. The van der Waals surface area contributed by atoms with Crippen LogP contribution in [-0.2, 0) is 27.1 Å². The molecule has 12 heterocycles. The second-order valence-electron chi connectivity index (χ2n) is 42.5. The molecule has 0 aliphatic heterocycles. The largest absolute Gasteiger partial charge is 0.316 e. The summed E-state index contributed by atoms with van der Waals surface area (Å²) in [6.07, 6.45) is 29.5. The summed E-state index contributed by atoms with van der Waals surface area (Å²) in [7, 11) is 0. The Hall–Kier alpha value is -18.4. The lowest BCUT2D eigenvalue weighted by Crippen LogP contribution is -2.14. The molecule has 720 valence electrons. The second-order valence-corrected chi connectivity index (χ2v) is 42.5. The van der Waals surface area contributed by atoms with E-state index in [0.717, 1.165) is 62.1 Å². The number of benzene rings is 13. The summed E-state index contributed by atoms with van der Waals surface area (Å²) >= 11 is 0. The number of hydrogen-bond acceptors (Lipinski definition) is 7. The fourth-order valence-corrected chi connectivity index (χ4v) is 24.6. The van der Waals surface area contributed by atoms with Crippen LogP contribution in [0.1, 0.15) is 125 Å². The van der Waals surface area contributed by atoms with Crippen molar-refractivity contribution in [2.45, 2.75) is 96.3 Å². The Balaban J connectivity index is 0.0000000945. The molecular weight excluding hydrogens is 1830 g/mol. The minimum atomic E-state index is -0.00713. The highest BCUT2D eigenvalue weighted by Gasteiger charge is 2.43. The molecule has 0 unspecified atom stereocenters. The molecule has 0 bridgehead atoms. The van der Waals surface area contributed by atoms with Crippen molar-refractivity contribution in [1.29, 1.82) is 0 Å². The molecule has 0 amide bonds. The first kappa shape index (κ1) is 91.5. The van der Waals surface area contributed by atoms with Crippen LogP contribution in [0.15, 0.2) is 475 Å². The summed E-state index contributed by atoms with van der Waals surface area (Å²) in [6.45, 7) is 23.2. The van der Waals surface area contributed by atoms with Gasteiger partial charge in [-0.2, -0.15) is 0 Å². The van der Waals surface area contributed by atoms with E-state index in [9.17, 15) is 0 Å². The molecule has 30 rings (SSSR count). The van der Waals surface area contributed by atoms with Crippen LogP contribution >= 0.6 is 0 Å². The van der Waals surface area contributed by atoms with E-state index in [1.165, 1.54) is 188 Å². The fourth-order valence-electron chi connectivity index (χ4n) is 24.6. The third kappa shape index (κ3) is 15.1. The number of rotatable bonds is 10. The van der Waals surface area contributed by atoms with Gasteiger partial charge in [0.2, 0.25) is 0 Å². The number of pyridine rings is 7. The van der Waals surface area contributed by atoms with Gasteiger partial charge in [0.05, 0.1) is 33.3 Å². The number of aromatic nitrogens is 12. The Labute approximate surface area is 873 Å². The van der Waals surface area contributed by atoms with Crippen molar-refractivity contribution in [1.82, 2.24) is 57.7 Å². The Morgan fingerprint density at radius 3 is 0.747 bits per heavy atom. The molecule has 5 aliphatic rings. The number of nitrogens with zero attached hydrogens (tertiary/aromatic N) is 12. The predicted octanol–water partition coefficient (Wildman–Crippen LogP) is 33.8. The van der Waals surface area contributed by atoms with Gasteiger partial charge in [-0.25, -0.2) is 15.0 Å². The van der Waals surface area contributed by atoms with Crippen LogP contribution in [0.5, 0.6) is 0 Å². The summed E-state index contributed by atoms with van der Waals surface area (Å²) in [5.74, 6) is 2.80. The molecular formula is C138H108N12. The molecule has 5 aliphatic carbocycles. The van der Waals surface area contributed by atoms with Crippen LogP contribution in [0.25, 0.3) is 195 Å². The van der Waals surface area contributed by atoms with Crippen LogP contribution in [0.2, 0.25) is 0 Å². The molecule has 13 aromatic carbocycles. The first-order chi connectivity index (χ1) is 73.2. The molecule has 0 radical (unpaired) electrons. The van der Waals surface area contributed by atoms with Gasteiger partial charge < -0.3 is 22.8 Å². The maximum atomic E-state index is 4.83. The third-order valence-corrected chi connectivity index (χ3v) is 32.3. The summed E-state index contributed by atoms with van der Waals surface area (Å²) in [6, 6.07) is 137. The first-order valence-corrected chi connectivity index (χ1v) is 51.7. The molecule has 150 heavy (non-hydrogen) atoms. The maximum absolute atomic E-state index is 4.83. The predicted molar refractivity (Wildman–Crippen MR) is 616 cm³/mol. The lowest BCUT2D eigenvalue weighted by molar-refractivity contribution is 0.660.